The lowest BCUT2D eigenvalue weighted by Crippen LogP contribution is -2.29. The number of nitrogens with one attached hydrogen (secondary N) is 1. The second-order valence-electron chi connectivity index (χ2n) is 7.69. The van der Waals surface area contributed by atoms with Gasteiger partial charge in [-0.1, -0.05) is 24.3 Å². The number of rotatable bonds is 5. The molecule has 0 fully saturated rings. The first-order valence-electron chi connectivity index (χ1n) is 10.5. The Bertz CT molecular complexity index is 1420. The van der Waals surface area contributed by atoms with Crippen LogP contribution in [-0.4, -0.2) is 17.7 Å². The smallest absolute Gasteiger partial charge is 0.266 e. The molecule has 7 nitrogen and oxygen atoms in total. The highest BCUT2D eigenvalue weighted by Gasteiger charge is 2.37. The molecule has 166 valence electrons. The Morgan fingerprint density at radius 3 is 2.21 bits per heavy atom. The van der Waals surface area contributed by atoms with Crippen LogP contribution in [-0.2, 0) is 0 Å². The van der Waals surface area contributed by atoms with E-state index in [1.807, 2.05) is 30.3 Å². The maximum absolute atomic E-state index is 13.2. The molecular weight excluding hydrogens is 430 g/mol. The fourth-order valence-electron chi connectivity index (χ4n) is 3.70. The molecule has 0 radical (unpaired) electrons. The highest BCUT2D eigenvalue weighted by molar-refractivity contribution is 6.34. The number of nitrogens with two attached hydrogens (primary N) is 1. The van der Waals surface area contributed by atoms with Crippen molar-refractivity contribution in [1.29, 1.82) is 0 Å². The Morgan fingerprint density at radius 2 is 1.44 bits per heavy atom. The lowest BCUT2D eigenvalue weighted by atomic mass is 10.1. The summed E-state index contributed by atoms with van der Waals surface area (Å²) in [6.07, 6.45) is 0. The molecule has 0 saturated carbocycles. The third-order valence-corrected chi connectivity index (χ3v) is 5.37. The van der Waals surface area contributed by atoms with Crippen molar-refractivity contribution < 1.29 is 19.1 Å². The van der Waals surface area contributed by atoms with Gasteiger partial charge in [-0.05, 0) is 66.7 Å². The predicted octanol–water partition coefficient (Wildman–Crippen LogP) is 5.11. The first-order valence-corrected chi connectivity index (χ1v) is 10.5. The second-order valence-corrected chi connectivity index (χ2v) is 7.69. The van der Waals surface area contributed by atoms with Crippen molar-refractivity contribution in [2.75, 3.05) is 16.0 Å². The highest BCUT2D eigenvalue weighted by atomic mass is 16.5. The van der Waals surface area contributed by atoms with Crippen LogP contribution >= 0.6 is 0 Å². The first kappa shape index (κ1) is 21.0. The number of hydrogen-bond donors (Lipinski definition) is 2. The van der Waals surface area contributed by atoms with E-state index in [-0.39, 0.29) is 17.0 Å². The summed E-state index contributed by atoms with van der Waals surface area (Å²) in [4.78, 5) is 39.8. The molecule has 0 saturated heterocycles. The Hall–Kier alpha value is -4.91. The zero-order valence-corrected chi connectivity index (χ0v) is 17.9. The first-order chi connectivity index (χ1) is 16.5. The maximum atomic E-state index is 13.2. The third-order valence-electron chi connectivity index (χ3n) is 5.37. The number of nitrogen functional groups attached to an aromatic ring is 1. The van der Waals surface area contributed by atoms with Gasteiger partial charge >= 0.3 is 0 Å². The van der Waals surface area contributed by atoms with E-state index in [9.17, 15) is 14.4 Å². The molecule has 0 aromatic heterocycles. The summed E-state index contributed by atoms with van der Waals surface area (Å²) < 4.78 is 5.83. The van der Waals surface area contributed by atoms with Crippen LogP contribution in [0.3, 0.4) is 0 Å². The number of carbonyl (C=O) groups is 3. The summed E-state index contributed by atoms with van der Waals surface area (Å²) in [5, 5.41) is 2.75. The van der Waals surface area contributed by atoms with Crippen molar-refractivity contribution in [3.8, 4) is 11.5 Å². The fourth-order valence-corrected chi connectivity index (χ4v) is 3.70. The predicted molar refractivity (Wildman–Crippen MR) is 129 cm³/mol. The van der Waals surface area contributed by atoms with Gasteiger partial charge in [0.25, 0.3) is 17.7 Å². The molecule has 1 aliphatic heterocycles. The number of imide groups is 1. The van der Waals surface area contributed by atoms with Gasteiger partial charge in [0.05, 0.1) is 16.8 Å². The standard InChI is InChI=1S/C27H19N3O4/c28-18-11-9-17(10-12-18)25(31)29-19-13-14-23-24(15-19)27(33)30(26(23)32)20-5-4-8-22(16-20)34-21-6-2-1-3-7-21/h1-16H,28H2,(H,29,31). The van der Waals surface area contributed by atoms with Crippen molar-refractivity contribution >= 4 is 34.8 Å². The summed E-state index contributed by atoms with van der Waals surface area (Å²) in [6.45, 7) is 0. The average molecular weight is 449 g/mol. The van der Waals surface area contributed by atoms with Gasteiger partial charge in [-0.25, -0.2) is 4.90 Å². The molecule has 3 N–H and O–H groups in total. The van der Waals surface area contributed by atoms with Crippen LogP contribution in [0.2, 0.25) is 0 Å². The normalized spacial score (nSPS) is 12.4. The van der Waals surface area contributed by atoms with Gasteiger partial charge in [-0.2, -0.15) is 0 Å². The topological polar surface area (TPSA) is 102 Å². The Labute approximate surface area is 195 Å². The van der Waals surface area contributed by atoms with Gasteiger partial charge in [0.15, 0.2) is 0 Å². The molecule has 7 heteroatoms. The molecule has 3 amide bonds. The van der Waals surface area contributed by atoms with Gasteiger partial charge in [0, 0.05) is 23.0 Å². The van der Waals surface area contributed by atoms with Crippen LogP contribution < -0.4 is 20.7 Å². The number of anilines is 3. The number of amides is 3. The Morgan fingerprint density at radius 1 is 0.735 bits per heavy atom. The van der Waals surface area contributed by atoms with Gasteiger partial charge < -0.3 is 15.8 Å². The highest BCUT2D eigenvalue weighted by Crippen LogP contribution is 2.33. The van der Waals surface area contributed by atoms with E-state index in [0.29, 0.717) is 34.1 Å². The van der Waals surface area contributed by atoms with Gasteiger partial charge in [0.1, 0.15) is 11.5 Å². The Kier molecular flexibility index (Phi) is 5.27. The number of ether oxygens (including phenoxy) is 1. The van der Waals surface area contributed by atoms with Crippen LogP contribution in [0, 0.1) is 0 Å². The number of fused-ring (bicyclic) bond motifs is 1. The van der Waals surface area contributed by atoms with Gasteiger partial charge in [-0.15, -0.1) is 0 Å². The van der Waals surface area contributed by atoms with E-state index >= 15 is 0 Å². The number of benzene rings is 4. The summed E-state index contributed by atoms with van der Waals surface area (Å²) in [5.41, 5.74) is 7.93. The minimum Gasteiger partial charge on any atom is -0.457 e. The molecule has 1 heterocycles. The third kappa shape index (κ3) is 3.98. The van der Waals surface area contributed by atoms with Gasteiger partial charge in [0.2, 0.25) is 0 Å². The molecule has 34 heavy (non-hydrogen) atoms. The van der Waals surface area contributed by atoms with Crippen molar-refractivity contribution in [3.63, 3.8) is 0 Å². The molecule has 0 unspecified atom stereocenters. The van der Waals surface area contributed by atoms with Crippen LogP contribution in [0.1, 0.15) is 31.1 Å². The van der Waals surface area contributed by atoms with Crippen molar-refractivity contribution in [1.82, 2.24) is 0 Å². The van der Waals surface area contributed by atoms with E-state index in [4.69, 9.17) is 10.5 Å². The second kappa shape index (κ2) is 8.55. The van der Waals surface area contributed by atoms with Crippen LogP contribution in [0.5, 0.6) is 11.5 Å². The fraction of sp³-hybridized carbons (Fsp3) is 0. The van der Waals surface area contributed by atoms with E-state index in [1.54, 1.807) is 60.7 Å². The molecule has 0 bridgehead atoms. The molecule has 4 aromatic carbocycles. The number of para-hydroxylation sites is 1. The summed E-state index contributed by atoms with van der Waals surface area (Å²) >= 11 is 0. The molecule has 4 aromatic rings. The summed E-state index contributed by atoms with van der Waals surface area (Å²) in [5.74, 6) is -0.117. The van der Waals surface area contributed by atoms with Crippen LogP contribution in [0.15, 0.2) is 97.1 Å². The number of nitrogens with zero attached hydrogens (tertiary/aromatic N) is 1. The maximum Gasteiger partial charge on any atom is 0.266 e. The number of hydrogen-bond acceptors (Lipinski definition) is 5. The van der Waals surface area contributed by atoms with Crippen molar-refractivity contribution in [3.05, 3.63) is 114 Å². The lowest BCUT2D eigenvalue weighted by Gasteiger charge is -2.15. The molecule has 1 aliphatic rings. The molecular formula is C27H19N3O4. The quantitative estimate of drug-likeness (QED) is 0.325. The lowest BCUT2D eigenvalue weighted by molar-refractivity contribution is 0.0924. The Balaban J connectivity index is 1.38. The van der Waals surface area contributed by atoms with Crippen LogP contribution in [0.4, 0.5) is 17.1 Å². The molecule has 5 rings (SSSR count). The zero-order valence-electron chi connectivity index (χ0n) is 17.9. The monoisotopic (exact) mass is 449 g/mol. The molecule has 0 aliphatic carbocycles. The molecule has 0 spiro atoms. The largest absolute Gasteiger partial charge is 0.457 e. The van der Waals surface area contributed by atoms with E-state index in [2.05, 4.69) is 5.32 Å². The average Bonchev–Trinajstić information content (AvgIpc) is 3.09. The zero-order chi connectivity index (χ0) is 23.7. The van der Waals surface area contributed by atoms with E-state index < -0.39 is 11.8 Å². The van der Waals surface area contributed by atoms with Crippen molar-refractivity contribution in [2.45, 2.75) is 0 Å². The molecule has 0 atom stereocenters. The van der Waals surface area contributed by atoms with Crippen LogP contribution in [0.25, 0.3) is 0 Å². The SMILES string of the molecule is Nc1ccc(C(=O)Nc2ccc3c(c2)C(=O)N(c2cccc(Oc4ccccc4)c2)C3=O)cc1. The van der Waals surface area contributed by atoms with E-state index in [1.165, 1.54) is 6.07 Å². The minimum atomic E-state index is -0.472. The van der Waals surface area contributed by atoms with E-state index in [0.717, 1.165) is 4.90 Å². The minimum absolute atomic E-state index is 0.217. The summed E-state index contributed by atoms with van der Waals surface area (Å²) in [7, 11) is 0. The van der Waals surface area contributed by atoms with Crippen molar-refractivity contribution in [2.24, 2.45) is 0 Å². The number of carbonyl (C=O) groups excluding carboxylic acids is 3. The summed E-state index contributed by atoms with van der Waals surface area (Å²) in [6, 6.07) is 27.1. The van der Waals surface area contributed by atoms with Gasteiger partial charge in [-0.3, -0.25) is 14.4 Å².